The molecule has 0 unspecified atom stereocenters. The van der Waals surface area contributed by atoms with E-state index < -0.39 is 14.8 Å². The van der Waals surface area contributed by atoms with Gasteiger partial charge in [0.2, 0.25) is 15.9 Å². The Morgan fingerprint density at radius 1 is 1.08 bits per heavy atom. The lowest BCUT2D eigenvalue weighted by molar-refractivity contribution is -0.116. The number of amides is 1. The summed E-state index contributed by atoms with van der Waals surface area (Å²) in [5.74, 6) is 0.690. The molecule has 0 aliphatic carbocycles. The molecule has 0 spiro atoms. The van der Waals surface area contributed by atoms with Gasteiger partial charge in [-0.3, -0.25) is 4.79 Å². The van der Waals surface area contributed by atoms with Gasteiger partial charge < -0.3 is 9.73 Å². The van der Waals surface area contributed by atoms with Gasteiger partial charge in [0.15, 0.2) is 0 Å². The summed E-state index contributed by atoms with van der Waals surface area (Å²) in [7, 11) is -3.33. The second-order valence-electron chi connectivity index (χ2n) is 7.07. The van der Waals surface area contributed by atoms with Crippen LogP contribution < -0.4 is 10.0 Å². The van der Waals surface area contributed by atoms with E-state index in [1.165, 1.54) is 0 Å². The van der Waals surface area contributed by atoms with E-state index in [0.29, 0.717) is 25.8 Å². The molecule has 0 saturated carbocycles. The fourth-order valence-electron chi connectivity index (χ4n) is 2.22. The maximum atomic E-state index is 12.0. The van der Waals surface area contributed by atoms with Gasteiger partial charge in [0.05, 0.1) is 11.0 Å². The van der Waals surface area contributed by atoms with Crippen molar-refractivity contribution < 1.29 is 17.6 Å². The van der Waals surface area contributed by atoms with Crippen molar-refractivity contribution in [3.05, 3.63) is 42.7 Å². The number of furan rings is 1. The first-order valence-electron chi connectivity index (χ1n) is 8.62. The molecule has 7 heteroatoms. The molecule has 26 heavy (non-hydrogen) atoms. The quantitative estimate of drug-likeness (QED) is 0.684. The lowest BCUT2D eigenvalue weighted by Crippen LogP contribution is -2.39. The summed E-state index contributed by atoms with van der Waals surface area (Å²) in [5, 5.41) is 2.84. The molecule has 2 rings (SSSR count). The predicted octanol–water partition coefficient (Wildman–Crippen LogP) is 3.77. The van der Waals surface area contributed by atoms with Crippen LogP contribution in [0.2, 0.25) is 0 Å². The Bertz CT molecular complexity index is 804. The topological polar surface area (TPSA) is 88.4 Å². The van der Waals surface area contributed by atoms with Crippen molar-refractivity contribution in [2.75, 3.05) is 11.9 Å². The van der Waals surface area contributed by atoms with E-state index in [4.69, 9.17) is 4.42 Å². The molecule has 1 aromatic carbocycles. The van der Waals surface area contributed by atoms with Gasteiger partial charge in [0.25, 0.3) is 0 Å². The van der Waals surface area contributed by atoms with E-state index in [0.717, 1.165) is 17.0 Å². The van der Waals surface area contributed by atoms with Gasteiger partial charge in [-0.2, -0.15) is 0 Å². The summed E-state index contributed by atoms with van der Waals surface area (Å²) in [6.45, 7) is 5.30. The maximum absolute atomic E-state index is 12.0. The number of carbonyl (C=O) groups excluding carboxylic acids is 1. The lowest BCUT2D eigenvalue weighted by Gasteiger charge is -2.19. The SMILES string of the molecule is CC(C)(C)S(=O)(=O)NCCCCC(=O)Nc1ccc(-c2ccco2)cc1. The Balaban J connectivity index is 1.71. The van der Waals surface area contributed by atoms with E-state index >= 15 is 0 Å². The molecule has 1 aromatic heterocycles. The molecule has 0 aliphatic rings. The highest BCUT2D eigenvalue weighted by atomic mass is 32.2. The van der Waals surface area contributed by atoms with E-state index in [1.807, 2.05) is 36.4 Å². The van der Waals surface area contributed by atoms with Crippen LogP contribution in [0.4, 0.5) is 5.69 Å². The third-order valence-corrected chi connectivity index (χ3v) is 6.10. The van der Waals surface area contributed by atoms with Crippen molar-refractivity contribution >= 4 is 21.6 Å². The smallest absolute Gasteiger partial charge is 0.224 e. The molecule has 1 heterocycles. The number of hydrogen-bond donors (Lipinski definition) is 2. The van der Waals surface area contributed by atoms with Gasteiger partial charge >= 0.3 is 0 Å². The molecule has 0 aliphatic heterocycles. The van der Waals surface area contributed by atoms with Crippen molar-refractivity contribution in [2.45, 2.75) is 44.8 Å². The summed E-state index contributed by atoms with van der Waals surface area (Å²) >= 11 is 0. The maximum Gasteiger partial charge on any atom is 0.224 e. The number of sulfonamides is 1. The van der Waals surface area contributed by atoms with Gasteiger partial charge in [-0.05, 0) is 70.0 Å². The molecule has 2 aromatic rings. The van der Waals surface area contributed by atoms with Crippen LogP contribution in [0.15, 0.2) is 47.1 Å². The summed E-state index contributed by atoms with van der Waals surface area (Å²) in [6, 6.07) is 11.1. The van der Waals surface area contributed by atoms with Crippen molar-refractivity contribution in [1.29, 1.82) is 0 Å². The summed E-state index contributed by atoms with van der Waals surface area (Å²) in [6.07, 6.45) is 3.19. The van der Waals surface area contributed by atoms with Crippen LogP contribution >= 0.6 is 0 Å². The zero-order valence-corrected chi connectivity index (χ0v) is 16.2. The molecule has 0 atom stereocenters. The fourth-order valence-corrected chi connectivity index (χ4v) is 3.06. The Morgan fingerprint density at radius 3 is 2.35 bits per heavy atom. The molecular weight excluding hydrogens is 352 g/mol. The number of rotatable bonds is 8. The minimum Gasteiger partial charge on any atom is -0.464 e. The first-order valence-corrected chi connectivity index (χ1v) is 10.1. The molecule has 1 amide bonds. The Labute approximate surface area is 155 Å². The van der Waals surface area contributed by atoms with E-state index in [1.54, 1.807) is 27.0 Å². The largest absolute Gasteiger partial charge is 0.464 e. The normalized spacial score (nSPS) is 12.1. The van der Waals surface area contributed by atoms with Crippen LogP contribution in [0, 0.1) is 0 Å². The van der Waals surface area contributed by atoms with Crippen LogP contribution in [0.5, 0.6) is 0 Å². The van der Waals surface area contributed by atoms with Crippen molar-refractivity contribution in [1.82, 2.24) is 4.72 Å². The highest BCUT2D eigenvalue weighted by Crippen LogP contribution is 2.21. The summed E-state index contributed by atoms with van der Waals surface area (Å²) in [4.78, 5) is 12.0. The zero-order valence-electron chi connectivity index (χ0n) is 15.4. The van der Waals surface area contributed by atoms with Gasteiger partial charge in [-0.15, -0.1) is 0 Å². The first kappa shape index (κ1) is 20.2. The minimum atomic E-state index is -3.33. The number of anilines is 1. The Kier molecular flexibility index (Phi) is 6.61. The van der Waals surface area contributed by atoms with Gasteiger partial charge in [-0.1, -0.05) is 0 Å². The number of unbranched alkanes of at least 4 members (excludes halogenated alkanes) is 1. The van der Waals surface area contributed by atoms with Gasteiger partial charge in [0, 0.05) is 24.2 Å². The molecule has 142 valence electrons. The molecule has 0 fully saturated rings. The Morgan fingerprint density at radius 2 is 1.77 bits per heavy atom. The molecule has 0 bridgehead atoms. The van der Waals surface area contributed by atoms with Crippen LogP contribution in [0.1, 0.15) is 40.0 Å². The van der Waals surface area contributed by atoms with Crippen molar-refractivity contribution in [3.63, 3.8) is 0 Å². The highest BCUT2D eigenvalue weighted by molar-refractivity contribution is 7.90. The van der Waals surface area contributed by atoms with Crippen molar-refractivity contribution in [2.24, 2.45) is 0 Å². The second-order valence-corrected chi connectivity index (χ2v) is 9.59. The third kappa shape index (κ3) is 5.71. The molecule has 0 saturated heterocycles. The first-order chi connectivity index (χ1) is 12.2. The average molecular weight is 378 g/mol. The van der Waals surface area contributed by atoms with E-state index in [2.05, 4.69) is 10.0 Å². The standard InChI is InChI=1S/C19H26N2O4S/c1-19(2,3)26(23,24)20-13-5-4-8-18(22)21-16-11-9-15(10-12-16)17-7-6-14-25-17/h6-7,9-12,14,20H,4-5,8,13H2,1-3H3,(H,21,22). The van der Waals surface area contributed by atoms with E-state index in [-0.39, 0.29) is 5.91 Å². The molecular formula is C19H26N2O4S. The molecule has 2 N–H and O–H groups in total. The lowest BCUT2D eigenvalue weighted by atomic mass is 10.1. The molecule has 6 nitrogen and oxygen atoms in total. The summed E-state index contributed by atoms with van der Waals surface area (Å²) < 4.78 is 30.9. The van der Waals surface area contributed by atoms with Crippen LogP contribution in [0.25, 0.3) is 11.3 Å². The highest BCUT2D eigenvalue weighted by Gasteiger charge is 2.27. The number of benzene rings is 1. The van der Waals surface area contributed by atoms with Crippen LogP contribution in [-0.2, 0) is 14.8 Å². The second kappa shape index (κ2) is 8.51. The molecule has 0 radical (unpaired) electrons. The predicted molar refractivity (Wildman–Crippen MR) is 103 cm³/mol. The number of nitrogens with one attached hydrogen (secondary N) is 2. The monoisotopic (exact) mass is 378 g/mol. The Hall–Kier alpha value is -2.12. The number of hydrogen-bond acceptors (Lipinski definition) is 4. The van der Waals surface area contributed by atoms with Gasteiger partial charge in [0.1, 0.15) is 5.76 Å². The van der Waals surface area contributed by atoms with Crippen molar-refractivity contribution in [3.8, 4) is 11.3 Å². The zero-order chi connectivity index (χ0) is 19.2. The summed E-state index contributed by atoms with van der Waals surface area (Å²) in [5.41, 5.74) is 1.66. The average Bonchev–Trinajstić information content (AvgIpc) is 3.08. The third-order valence-electron chi connectivity index (χ3n) is 3.90. The van der Waals surface area contributed by atoms with Crippen LogP contribution in [-0.4, -0.2) is 25.6 Å². The van der Waals surface area contributed by atoms with Crippen LogP contribution in [0.3, 0.4) is 0 Å². The van der Waals surface area contributed by atoms with Gasteiger partial charge in [-0.25, -0.2) is 13.1 Å². The number of carbonyl (C=O) groups is 1. The fraction of sp³-hybridized carbons (Fsp3) is 0.421. The minimum absolute atomic E-state index is 0.0885. The van der Waals surface area contributed by atoms with E-state index in [9.17, 15) is 13.2 Å².